The van der Waals surface area contributed by atoms with Gasteiger partial charge in [-0.3, -0.25) is 9.59 Å². The van der Waals surface area contributed by atoms with Gasteiger partial charge in [-0.2, -0.15) is 0 Å². The molecule has 0 heterocycles. The lowest BCUT2D eigenvalue weighted by Crippen LogP contribution is -2.33. The van der Waals surface area contributed by atoms with E-state index in [1.165, 1.54) is 6.92 Å². The number of carbonyl (C=O) groups is 2. The average molecular weight is 360 g/mol. The fourth-order valence-electron chi connectivity index (χ4n) is 2.48. The Kier molecular flexibility index (Phi) is 6.83. The number of rotatable bonds is 7. The van der Waals surface area contributed by atoms with Gasteiger partial charge in [0.2, 0.25) is 11.8 Å². The zero-order valence-electron chi connectivity index (χ0n) is 14.1. The molecule has 2 rings (SSSR count). The highest BCUT2D eigenvalue weighted by molar-refractivity contribution is 6.30. The van der Waals surface area contributed by atoms with Crippen molar-refractivity contribution in [3.05, 3.63) is 64.7 Å². The molecule has 5 nitrogen and oxygen atoms in total. The maximum atomic E-state index is 12.2. The molecule has 0 aliphatic heterocycles. The molecule has 4 N–H and O–H groups in total. The van der Waals surface area contributed by atoms with E-state index in [1.807, 2.05) is 36.4 Å². The molecule has 0 aromatic heterocycles. The van der Waals surface area contributed by atoms with Crippen LogP contribution >= 0.6 is 11.6 Å². The van der Waals surface area contributed by atoms with E-state index in [-0.39, 0.29) is 24.3 Å². The first kappa shape index (κ1) is 18.8. The fraction of sp³-hybridized carbons (Fsp3) is 0.263. The van der Waals surface area contributed by atoms with E-state index in [0.29, 0.717) is 17.3 Å². The summed E-state index contributed by atoms with van der Waals surface area (Å²) in [6.07, 6.45) is 0.890. The maximum absolute atomic E-state index is 12.2. The third-order valence-corrected chi connectivity index (χ3v) is 4.01. The van der Waals surface area contributed by atoms with Gasteiger partial charge in [0.25, 0.3) is 0 Å². The zero-order valence-corrected chi connectivity index (χ0v) is 14.8. The van der Waals surface area contributed by atoms with E-state index in [9.17, 15) is 9.59 Å². The van der Waals surface area contributed by atoms with E-state index in [1.54, 1.807) is 12.1 Å². The fourth-order valence-corrected chi connectivity index (χ4v) is 2.61. The van der Waals surface area contributed by atoms with Crippen LogP contribution in [0.15, 0.2) is 48.5 Å². The van der Waals surface area contributed by atoms with Crippen LogP contribution in [0.2, 0.25) is 5.02 Å². The van der Waals surface area contributed by atoms with Crippen molar-refractivity contribution in [1.29, 1.82) is 0 Å². The molecule has 0 bridgehead atoms. The van der Waals surface area contributed by atoms with Crippen LogP contribution in [0, 0.1) is 0 Å². The number of amides is 2. The molecule has 0 fully saturated rings. The topological polar surface area (TPSA) is 84.2 Å². The van der Waals surface area contributed by atoms with Crippen molar-refractivity contribution in [3.8, 4) is 0 Å². The van der Waals surface area contributed by atoms with Crippen LogP contribution in [0.5, 0.6) is 0 Å². The first-order chi connectivity index (χ1) is 11.9. The summed E-state index contributed by atoms with van der Waals surface area (Å²) in [4.78, 5) is 23.6. The number of benzene rings is 2. The van der Waals surface area contributed by atoms with Crippen molar-refractivity contribution in [3.63, 3.8) is 0 Å². The second-order valence-corrected chi connectivity index (χ2v) is 6.29. The van der Waals surface area contributed by atoms with Gasteiger partial charge in [0.15, 0.2) is 0 Å². The van der Waals surface area contributed by atoms with Gasteiger partial charge < -0.3 is 16.4 Å². The van der Waals surface area contributed by atoms with Gasteiger partial charge in [0.1, 0.15) is 0 Å². The first-order valence-electron chi connectivity index (χ1n) is 8.07. The summed E-state index contributed by atoms with van der Waals surface area (Å²) in [7, 11) is 0. The number of nitrogens with two attached hydrogens (primary N) is 1. The van der Waals surface area contributed by atoms with Gasteiger partial charge >= 0.3 is 0 Å². The molecule has 2 aromatic carbocycles. The quantitative estimate of drug-likeness (QED) is 0.664. The third-order valence-electron chi connectivity index (χ3n) is 3.75. The molecule has 0 aliphatic rings. The lowest BCUT2D eigenvalue weighted by atomic mass is 10.0. The minimum Gasteiger partial charge on any atom is -0.399 e. The van der Waals surface area contributed by atoms with Gasteiger partial charge in [0.05, 0.1) is 12.5 Å². The van der Waals surface area contributed by atoms with Crippen LogP contribution in [-0.2, 0) is 16.0 Å². The Bertz CT molecular complexity index is 714. The number of nitrogen functional groups attached to an aromatic ring is 1. The predicted octanol–water partition coefficient (Wildman–Crippen LogP) is 2.85. The highest BCUT2D eigenvalue weighted by Crippen LogP contribution is 2.19. The molecular weight excluding hydrogens is 338 g/mol. The van der Waals surface area contributed by atoms with Crippen LogP contribution in [0.1, 0.15) is 30.5 Å². The van der Waals surface area contributed by atoms with Crippen LogP contribution < -0.4 is 16.4 Å². The van der Waals surface area contributed by atoms with E-state index >= 15 is 0 Å². The molecule has 0 aliphatic carbocycles. The first-order valence-corrected chi connectivity index (χ1v) is 8.45. The smallest absolute Gasteiger partial charge is 0.222 e. The van der Waals surface area contributed by atoms with Gasteiger partial charge in [0, 0.05) is 24.2 Å². The van der Waals surface area contributed by atoms with Crippen molar-refractivity contribution in [2.75, 3.05) is 12.3 Å². The van der Waals surface area contributed by atoms with Crippen molar-refractivity contribution >= 4 is 29.1 Å². The third kappa shape index (κ3) is 6.47. The molecule has 0 saturated carbocycles. The van der Waals surface area contributed by atoms with E-state index in [4.69, 9.17) is 17.3 Å². The standard InChI is InChI=1S/C19H22ClN3O2/c1-13(24)23-18(15-4-6-16(20)7-5-15)12-19(25)22-11-10-14-2-8-17(21)9-3-14/h2-9,18H,10-12,21H2,1H3,(H,22,25)(H,23,24). The Hall–Kier alpha value is -2.53. The molecule has 25 heavy (non-hydrogen) atoms. The average Bonchev–Trinajstić information content (AvgIpc) is 2.56. The second kappa shape index (κ2) is 9.08. The SMILES string of the molecule is CC(=O)NC(CC(=O)NCCc1ccc(N)cc1)c1ccc(Cl)cc1. The van der Waals surface area contributed by atoms with Crippen LogP contribution in [0.25, 0.3) is 0 Å². The molecule has 0 spiro atoms. The van der Waals surface area contributed by atoms with Crippen molar-refractivity contribution in [1.82, 2.24) is 10.6 Å². The summed E-state index contributed by atoms with van der Waals surface area (Å²) in [5.41, 5.74) is 8.31. The van der Waals surface area contributed by atoms with Crippen molar-refractivity contribution in [2.45, 2.75) is 25.8 Å². The Balaban J connectivity index is 1.89. The largest absolute Gasteiger partial charge is 0.399 e. The van der Waals surface area contributed by atoms with E-state index in [0.717, 1.165) is 17.5 Å². The normalized spacial score (nSPS) is 11.6. The van der Waals surface area contributed by atoms with Gasteiger partial charge in [-0.15, -0.1) is 0 Å². The zero-order chi connectivity index (χ0) is 18.2. The summed E-state index contributed by atoms with van der Waals surface area (Å²) in [5.74, 6) is -0.307. The summed E-state index contributed by atoms with van der Waals surface area (Å²) in [6, 6.07) is 14.3. The predicted molar refractivity (Wildman–Crippen MR) is 100 cm³/mol. The number of hydrogen-bond acceptors (Lipinski definition) is 3. The molecule has 2 amide bonds. The Morgan fingerprint density at radius 1 is 1.08 bits per heavy atom. The lowest BCUT2D eigenvalue weighted by molar-refractivity contribution is -0.122. The molecule has 132 valence electrons. The molecule has 1 atom stereocenters. The molecule has 0 saturated heterocycles. The van der Waals surface area contributed by atoms with Gasteiger partial charge in [-0.1, -0.05) is 35.9 Å². The number of carbonyl (C=O) groups excluding carboxylic acids is 2. The van der Waals surface area contributed by atoms with Crippen LogP contribution in [-0.4, -0.2) is 18.4 Å². The van der Waals surface area contributed by atoms with Crippen molar-refractivity contribution in [2.24, 2.45) is 0 Å². The molecular formula is C19H22ClN3O2. The highest BCUT2D eigenvalue weighted by atomic mass is 35.5. The summed E-state index contributed by atoms with van der Waals surface area (Å²) in [5, 5.41) is 6.30. The Labute approximate surface area is 152 Å². The molecule has 1 unspecified atom stereocenters. The summed E-state index contributed by atoms with van der Waals surface area (Å²) < 4.78 is 0. The van der Waals surface area contributed by atoms with E-state index < -0.39 is 0 Å². The van der Waals surface area contributed by atoms with Crippen LogP contribution in [0.4, 0.5) is 5.69 Å². The number of anilines is 1. The monoisotopic (exact) mass is 359 g/mol. The number of hydrogen-bond donors (Lipinski definition) is 3. The number of nitrogens with one attached hydrogen (secondary N) is 2. The van der Waals surface area contributed by atoms with E-state index in [2.05, 4.69) is 10.6 Å². The molecule has 2 aromatic rings. The Morgan fingerprint density at radius 3 is 2.32 bits per heavy atom. The molecule has 0 radical (unpaired) electrons. The second-order valence-electron chi connectivity index (χ2n) is 5.85. The minimum atomic E-state index is -0.383. The maximum Gasteiger partial charge on any atom is 0.222 e. The number of halogens is 1. The summed E-state index contributed by atoms with van der Waals surface area (Å²) in [6.45, 7) is 1.96. The van der Waals surface area contributed by atoms with Gasteiger partial charge in [-0.25, -0.2) is 0 Å². The Morgan fingerprint density at radius 2 is 1.72 bits per heavy atom. The molecule has 6 heteroatoms. The summed E-state index contributed by atoms with van der Waals surface area (Å²) >= 11 is 5.89. The lowest BCUT2D eigenvalue weighted by Gasteiger charge is -2.18. The van der Waals surface area contributed by atoms with Crippen molar-refractivity contribution < 1.29 is 9.59 Å². The minimum absolute atomic E-state index is 0.121. The highest BCUT2D eigenvalue weighted by Gasteiger charge is 2.16. The van der Waals surface area contributed by atoms with Gasteiger partial charge in [-0.05, 0) is 41.8 Å². The van der Waals surface area contributed by atoms with Crippen LogP contribution in [0.3, 0.4) is 0 Å².